The first kappa shape index (κ1) is 17.9. The molecule has 4 aromatic rings. The van der Waals surface area contributed by atoms with Crippen LogP contribution in [0.15, 0.2) is 65.7 Å². The number of hydrogen-bond donors (Lipinski definition) is 0. The Hall–Kier alpha value is -2.47. The van der Waals surface area contributed by atoms with Gasteiger partial charge in [-0.1, -0.05) is 65.4 Å². The summed E-state index contributed by atoms with van der Waals surface area (Å²) in [5.41, 5.74) is 1.45. The Balaban J connectivity index is 1.94. The van der Waals surface area contributed by atoms with Gasteiger partial charge in [-0.05, 0) is 23.6 Å². The van der Waals surface area contributed by atoms with Crippen molar-refractivity contribution >= 4 is 49.8 Å². The van der Waals surface area contributed by atoms with Crippen molar-refractivity contribution in [2.24, 2.45) is 4.99 Å². The molecule has 0 saturated carbocycles. The fourth-order valence-corrected chi connectivity index (χ4v) is 4.47. The van der Waals surface area contributed by atoms with Crippen LogP contribution in [0.1, 0.15) is 10.4 Å². The van der Waals surface area contributed by atoms with Crippen molar-refractivity contribution in [3.63, 3.8) is 0 Å². The predicted octanol–water partition coefficient (Wildman–Crippen LogP) is 4.90. The van der Waals surface area contributed by atoms with Gasteiger partial charge in [-0.25, -0.2) is 0 Å². The van der Waals surface area contributed by atoms with Crippen molar-refractivity contribution in [1.82, 2.24) is 4.57 Å². The molecule has 4 nitrogen and oxygen atoms in total. The molecule has 4 rings (SSSR count). The number of rotatable bonds is 4. The quantitative estimate of drug-likeness (QED) is 0.492. The molecule has 0 saturated heterocycles. The normalized spacial score (nSPS) is 12.1. The minimum absolute atomic E-state index is 0.345. The molecule has 0 radical (unpaired) electrons. The van der Waals surface area contributed by atoms with Crippen molar-refractivity contribution in [1.29, 1.82) is 0 Å². The van der Waals surface area contributed by atoms with E-state index in [2.05, 4.69) is 29.3 Å². The van der Waals surface area contributed by atoms with Gasteiger partial charge in [-0.2, -0.15) is 4.99 Å². The van der Waals surface area contributed by atoms with Crippen LogP contribution in [0, 0.1) is 0 Å². The van der Waals surface area contributed by atoms with E-state index in [4.69, 9.17) is 16.3 Å². The van der Waals surface area contributed by atoms with Crippen LogP contribution >= 0.6 is 22.9 Å². The molecular formula is C21H17ClN2O2S. The Morgan fingerprint density at radius 1 is 1.11 bits per heavy atom. The summed E-state index contributed by atoms with van der Waals surface area (Å²) in [6, 6.07) is 19.3. The lowest BCUT2D eigenvalue weighted by Crippen LogP contribution is -2.19. The van der Waals surface area contributed by atoms with Crippen LogP contribution < -0.4 is 4.80 Å². The van der Waals surface area contributed by atoms with Gasteiger partial charge in [0.1, 0.15) is 0 Å². The molecule has 3 aromatic carbocycles. The Morgan fingerprint density at radius 2 is 1.89 bits per heavy atom. The Kier molecular flexibility index (Phi) is 5.07. The van der Waals surface area contributed by atoms with Gasteiger partial charge in [-0.15, -0.1) is 0 Å². The highest BCUT2D eigenvalue weighted by molar-refractivity contribution is 7.17. The van der Waals surface area contributed by atoms with Crippen molar-refractivity contribution in [3.05, 3.63) is 76.1 Å². The maximum atomic E-state index is 12.7. The lowest BCUT2D eigenvalue weighted by atomic mass is 10.1. The molecule has 6 heteroatoms. The van der Waals surface area contributed by atoms with Crippen molar-refractivity contribution < 1.29 is 9.53 Å². The van der Waals surface area contributed by atoms with Gasteiger partial charge in [-0.3, -0.25) is 4.79 Å². The van der Waals surface area contributed by atoms with Crippen LogP contribution in [0.25, 0.3) is 21.0 Å². The monoisotopic (exact) mass is 396 g/mol. The number of aromatic nitrogens is 1. The molecule has 0 atom stereocenters. The van der Waals surface area contributed by atoms with Gasteiger partial charge >= 0.3 is 0 Å². The minimum atomic E-state index is -0.345. The van der Waals surface area contributed by atoms with E-state index in [9.17, 15) is 4.79 Å². The molecule has 1 heterocycles. The second kappa shape index (κ2) is 7.64. The van der Waals surface area contributed by atoms with Crippen LogP contribution in [0.3, 0.4) is 0 Å². The molecule has 1 aromatic heterocycles. The molecule has 0 aliphatic heterocycles. The van der Waals surface area contributed by atoms with Crippen LogP contribution in [0.2, 0.25) is 5.02 Å². The summed E-state index contributed by atoms with van der Waals surface area (Å²) in [6.07, 6.45) is 0. The lowest BCUT2D eigenvalue weighted by Gasteiger charge is -2.05. The number of benzene rings is 3. The third-order valence-corrected chi connectivity index (χ3v) is 5.85. The van der Waals surface area contributed by atoms with E-state index in [1.807, 2.05) is 16.7 Å². The van der Waals surface area contributed by atoms with Gasteiger partial charge in [0.15, 0.2) is 4.80 Å². The first-order valence-electron chi connectivity index (χ1n) is 8.52. The zero-order valence-corrected chi connectivity index (χ0v) is 16.3. The smallest absolute Gasteiger partial charge is 0.281 e. The number of ether oxygens (including phenoxy) is 1. The van der Waals surface area contributed by atoms with E-state index in [0.29, 0.717) is 28.5 Å². The minimum Gasteiger partial charge on any atom is -0.383 e. The number of hydrogen-bond acceptors (Lipinski definition) is 3. The van der Waals surface area contributed by atoms with E-state index in [1.165, 1.54) is 11.3 Å². The summed E-state index contributed by atoms with van der Waals surface area (Å²) in [5.74, 6) is -0.345. The molecule has 0 aliphatic carbocycles. The molecule has 0 N–H and O–H groups in total. The number of nitrogens with zero attached hydrogens (tertiary/aromatic N) is 2. The van der Waals surface area contributed by atoms with Crippen molar-refractivity contribution in [2.45, 2.75) is 6.54 Å². The molecule has 0 bridgehead atoms. The molecule has 0 spiro atoms. The number of carbonyl (C=O) groups is 1. The standard InChI is InChI=1S/C21H17ClN2O2S/c1-26-13-12-24-18-11-10-14-6-2-3-7-15(14)19(18)27-21(24)23-20(25)16-8-4-5-9-17(16)22/h2-11H,12-13H2,1H3. The van der Waals surface area contributed by atoms with Crippen molar-refractivity contribution in [2.75, 3.05) is 13.7 Å². The topological polar surface area (TPSA) is 43.6 Å². The largest absolute Gasteiger partial charge is 0.383 e. The average molecular weight is 397 g/mol. The summed E-state index contributed by atoms with van der Waals surface area (Å²) in [5, 5.41) is 2.72. The highest BCUT2D eigenvalue weighted by Gasteiger charge is 2.13. The molecule has 1 amide bonds. The van der Waals surface area contributed by atoms with Gasteiger partial charge in [0, 0.05) is 19.0 Å². The van der Waals surface area contributed by atoms with E-state index >= 15 is 0 Å². The Labute approximate surface area is 165 Å². The maximum Gasteiger partial charge on any atom is 0.281 e. The zero-order chi connectivity index (χ0) is 18.8. The highest BCUT2D eigenvalue weighted by Crippen LogP contribution is 2.27. The van der Waals surface area contributed by atoms with Crippen LogP contribution in [0.4, 0.5) is 0 Å². The van der Waals surface area contributed by atoms with Crippen LogP contribution in [-0.2, 0) is 11.3 Å². The van der Waals surface area contributed by atoms with Crippen LogP contribution in [0.5, 0.6) is 0 Å². The molecular weight excluding hydrogens is 380 g/mol. The third kappa shape index (κ3) is 3.41. The summed E-state index contributed by atoms with van der Waals surface area (Å²) < 4.78 is 8.39. The molecule has 0 aliphatic rings. The third-order valence-electron chi connectivity index (χ3n) is 4.39. The summed E-state index contributed by atoms with van der Waals surface area (Å²) in [4.78, 5) is 17.7. The predicted molar refractivity (Wildman–Crippen MR) is 111 cm³/mol. The number of fused-ring (bicyclic) bond motifs is 3. The van der Waals surface area contributed by atoms with E-state index in [0.717, 1.165) is 21.0 Å². The van der Waals surface area contributed by atoms with E-state index in [1.54, 1.807) is 31.4 Å². The lowest BCUT2D eigenvalue weighted by molar-refractivity contribution is 0.0997. The van der Waals surface area contributed by atoms with Crippen molar-refractivity contribution in [3.8, 4) is 0 Å². The number of halogens is 1. The second-order valence-electron chi connectivity index (χ2n) is 6.06. The fraction of sp³-hybridized carbons (Fsp3) is 0.143. The summed E-state index contributed by atoms with van der Waals surface area (Å²) in [6.45, 7) is 1.15. The van der Waals surface area contributed by atoms with Gasteiger partial charge in [0.25, 0.3) is 5.91 Å². The Bertz CT molecular complexity index is 1210. The van der Waals surface area contributed by atoms with Gasteiger partial charge in [0.2, 0.25) is 0 Å². The summed E-state index contributed by atoms with van der Waals surface area (Å²) in [7, 11) is 1.66. The SMILES string of the molecule is COCCn1c(=NC(=O)c2ccccc2Cl)sc2c3ccccc3ccc21. The number of thiazole rings is 1. The van der Waals surface area contributed by atoms with Gasteiger partial charge < -0.3 is 9.30 Å². The highest BCUT2D eigenvalue weighted by atomic mass is 35.5. The van der Waals surface area contributed by atoms with Crippen LogP contribution in [-0.4, -0.2) is 24.2 Å². The number of amides is 1. The first-order chi connectivity index (χ1) is 13.2. The number of methoxy groups -OCH3 is 1. The molecule has 136 valence electrons. The molecule has 0 fully saturated rings. The summed E-state index contributed by atoms with van der Waals surface area (Å²) >= 11 is 7.67. The second-order valence-corrected chi connectivity index (χ2v) is 7.45. The molecule has 0 unspecified atom stereocenters. The van der Waals surface area contributed by atoms with E-state index < -0.39 is 0 Å². The maximum absolute atomic E-state index is 12.7. The van der Waals surface area contributed by atoms with Gasteiger partial charge in [0.05, 0.1) is 27.4 Å². The molecule has 27 heavy (non-hydrogen) atoms. The first-order valence-corrected chi connectivity index (χ1v) is 9.72. The van der Waals surface area contributed by atoms with E-state index in [-0.39, 0.29) is 5.91 Å². The fourth-order valence-electron chi connectivity index (χ4n) is 3.06. The number of carbonyl (C=O) groups excluding carboxylic acids is 1. The average Bonchev–Trinajstić information content (AvgIpc) is 3.04. The Morgan fingerprint density at radius 3 is 2.70 bits per heavy atom. The zero-order valence-electron chi connectivity index (χ0n) is 14.7.